The van der Waals surface area contributed by atoms with Gasteiger partial charge in [0.2, 0.25) is 0 Å². The van der Waals surface area contributed by atoms with Crippen LogP contribution in [0.4, 0.5) is 8.78 Å². The molecule has 3 nitrogen and oxygen atoms in total. The van der Waals surface area contributed by atoms with Gasteiger partial charge in [0.1, 0.15) is 0 Å². The molecule has 0 saturated heterocycles. The van der Waals surface area contributed by atoms with Crippen molar-refractivity contribution in [3.05, 3.63) is 0 Å². The summed E-state index contributed by atoms with van der Waals surface area (Å²) in [4.78, 5) is 10.2. The van der Waals surface area contributed by atoms with Crippen molar-refractivity contribution in [1.82, 2.24) is 5.32 Å². The summed E-state index contributed by atoms with van der Waals surface area (Å²) < 4.78 is 23.5. The Balaban J connectivity index is 0. The molecule has 7 heteroatoms. The van der Waals surface area contributed by atoms with Crippen molar-refractivity contribution >= 4 is 29.9 Å². The molecule has 3 N–H and O–H groups in total. The first-order chi connectivity index (χ1) is 4.48. The Morgan fingerprint density at radius 3 is 2.36 bits per heavy atom. The van der Waals surface area contributed by atoms with Crippen LogP contribution in [0.25, 0.3) is 0 Å². The van der Waals surface area contributed by atoms with E-state index in [-0.39, 0.29) is 25.5 Å². The Hall–Kier alpha value is -0.130. The van der Waals surface area contributed by atoms with E-state index in [1.807, 2.05) is 5.32 Å². The maximum Gasteiger partial charge on any atom is 0.399 e. The maximum atomic E-state index is 11.8. The molecule has 0 aromatic heterocycles. The molecule has 0 atom stereocenters. The smallest absolute Gasteiger partial charge is 0.348 e. The molecule has 1 amide bonds. The highest BCUT2D eigenvalue weighted by Gasteiger charge is 2.34. The standard InChI is InChI=1S/C4H7ClF2N2O.ClH/c5-4(6,7)3(10)9-2-1-8;/h1-2,8H2,(H,9,10);1H. The van der Waals surface area contributed by atoms with E-state index in [9.17, 15) is 13.6 Å². The second-order valence-corrected chi connectivity index (χ2v) is 2.02. The predicted octanol–water partition coefficient (Wildman–Crippen LogP) is 0.315. The Kier molecular flexibility index (Phi) is 6.74. The summed E-state index contributed by atoms with van der Waals surface area (Å²) in [5.41, 5.74) is 4.92. The summed E-state index contributed by atoms with van der Waals surface area (Å²) in [5, 5.41) is -2.00. The van der Waals surface area contributed by atoms with Gasteiger partial charge < -0.3 is 11.1 Å². The molecule has 0 saturated carbocycles. The van der Waals surface area contributed by atoms with Gasteiger partial charge in [0, 0.05) is 13.1 Å². The minimum Gasteiger partial charge on any atom is -0.348 e. The van der Waals surface area contributed by atoms with E-state index in [1.54, 1.807) is 0 Å². The number of nitrogens with one attached hydrogen (secondary N) is 1. The molecule has 68 valence electrons. The van der Waals surface area contributed by atoms with E-state index in [1.165, 1.54) is 0 Å². The van der Waals surface area contributed by atoms with Gasteiger partial charge in [-0.1, -0.05) is 0 Å². The molecule has 0 aliphatic carbocycles. The molecule has 0 aromatic carbocycles. The molecular formula is C4H8Cl2F2N2O. The Labute approximate surface area is 73.7 Å². The fourth-order valence-electron chi connectivity index (χ4n) is 0.286. The second kappa shape index (κ2) is 5.51. The lowest BCUT2D eigenvalue weighted by Crippen LogP contribution is -2.38. The third kappa shape index (κ3) is 6.28. The minimum atomic E-state index is -3.82. The largest absolute Gasteiger partial charge is 0.399 e. The van der Waals surface area contributed by atoms with Crippen LogP contribution in [0.15, 0.2) is 0 Å². The molecule has 0 bridgehead atoms. The average Bonchev–Trinajstić information content (AvgIpc) is 1.80. The summed E-state index contributed by atoms with van der Waals surface area (Å²) in [5.74, 6) is -1.51. The monoisotopic (exact) mass is 208 g/mol. The zero-order valence-corrected chi connectivity index (χ0v) is 7.01. The van der Waals surface area contributed by atoms with Crippen molar-refractivity contribution in [2.75, 3.05) is 13.1 Å². The summed E-state index contributed by atoms with van der Waals surface area (Å²) in [7, 11) is 0. The van der Waals surface area contributed by atoms with Crippen molar-refractivity contribution in [2.24, 2.45) is 5.73 Å². The van der Waals surface area contributed by atoms with Gasteiger partial charge in [0.25, 0.3) is 0 Å². The van der Waals surface area contributed by atoms with Crippen LogP contribution in [0.2, 0.25) is 0 Å². The van der Waals surface area contributed by atoms with E-state index < -0.39 is 11.3 Å². The molecule has 0 rings (SSSR count). The molecule has 0 aromatic rings. The van der Waals surface area contributed by atoms with Crippen LogP contribution >= 0.6 is 24.0 Å². The van der Waals surface area contributed by atoms with Gasteiger partial charge in [-0.3, -0.25) is 4.79 Å². The third-order valence-corrected chi connectivity index (χ3v) is 0.859. The van der Waals surface area contributed by atoms with Crippen LogP contribution in [0.3, 0.4) is 0 Å². The SMILES string of the molecule is Cl.NCCNC(=O)C(F)(F)Cl. The van der Waals surface area contributed by atoms with E-state index >= 15 is 0 Å². The quantitative estimate of drug-likeness (QED) is 0.657. The average molecular weight is 209 g/mol. The molecule has 0 heterocycles. The second-order valence-electron chi connectivity index (χ2n) is 1.54. The number of hydrogen-bond acceptors (Lipinski definition) is 2. The highest BCUT2D eigenvalue weighted by molar-refractivity contribution is 6.32. The fourth-order valence-corrected chi connectivity index (χ4v) is 0.353. The number of amides is 1. The van der Waals surface area contributed by atoms with Crippen LogP contribution in [-0.4, -0.2) is 24.4 Å². The van der Waals surface area contributed by atoms with E-state index in [2.05, 4.69) is 11.6 Å². The lowest BCUT2D eigenvalue weighted by molar-refractivity contribution is -0.135. The summed E-state index contributed by atoms with van der Waals surface area (Å²) >= 11 is 4.33. The van der Waals surface area contributed by atoms with Gasteiger partial charge in [-0.05, 0) is 11.6 Å². The van der Waals surface area contributed by atoms with Gasteiger partial charge in [-0.15, -0.1) is 12.4 Å². The first-order valence-corrected chi connectivity index (χ1v) is 2.91. The van der Waals surface area contributed by atoms with Crippen molar-refractivity contribution in [3.63, 3.8) is 0 Å². The van der Waals surface area contributed by atoms with Crippen molar-refractivity contribution in [2.45, 2.75) is 5.38 Å². The van der Waals surface area contributed by atoms with Crippen molar-refractivity contribution in [3.8, 4) is 0 Å². The number of hydrogen-bond donors (Lipinski definition) is 2. The third-order valence-electron chi connectivity index (χ3n) is 0.687. The number of carbonyl (C=O) groups excluding carboxylic acids is 1. The van der Waals surface area contributed by atoms with Crippen LogP contribution < -0.4 is 11.1 Å². The van der Waals surface area contributed by atoms with Crippen molar-refractivity contribution in [1.29, 1.82) is 0 Å². The van der Waals surface area contributed by atoms with E-state index in [4.69, 9.17) is 5.73 Å². The number of carbonyl (C=O) groups is 1. The van der Waals surface area contributed by atoms with Crippen LogP contribution in [0, 0.1) is 0 Å². The lowest BCUT2D eigenvalue weighted by Gasteiger charge is -2.06. The number of rotatable bonds is 3. The topological polar surface area (TPSA) is 55.1 Å². The first kappa shape index (κ1) is 13.5. The normalized spacial score (nSPS) is 10.2. The Bertz CT molecular complexity index is 128. The van der Waals surface area contributed by atoms with Gasteiger partial charge in [-0.25, -0.2) is 0 Å². The minimum absolute atomic E-state index is 0. The predicted molar refractivity (Wildman–Crippen MR) is 40.1 cm³/mol. The van der Waals surface area contributed by atoms with Crippen LogP contribution in [0.5, 0.6) is 0 Å². The molecule has 0 radical (unpaired) electrons. The molecule has 0 spiro atoms. The molecule has 11 heavy (non-hydrogen) atoms. The lowest BCUT2D eigenvalue weighted by atomic mass is 10.5. The molecular weight excluding hydrogens is 201 g/mol. The van der Waals surface area contributed by atoms with Gasteiger partial charge in [-0.2, -0.15) is 8.78 Å². The summed E-state index contributed by atoms with van der Waals surface area (Å²) in [6, 6.07) is 0. The van der Waals surface area contributed by atoms with Gasteiger partial charge in [0.15, 0.2) is 0 Å². The molecule has 0 unspecified atom stereocenters. The Morgan fingerprint density at radius 1 is 1.64 bits per heavy atom. The first-order valence-electron chi connectivity index (χ1n) is 2.53. The summed E-state index contributed by atoms with van der Waals surface area (Å²) in [6.45, 7) is 0.111. The molecule has 0 fully saturated rings. The molecule has 0 aliphatic heterocycles. The summed E-state index contributed by atoms with van der Waals surface area (Å²) in [6.07, 6.45) is 0. The van der Waals surface area contributed by atoms with Crippen molar-refractivity contribution < 1.29 is 13.6 Å². The van der Waals surface area contributed by atoms with E-state index in [0.29, 0.717) is 0 Å². The zero-order chi connectivity index (χ0) is 8.20. The molecule has 0 aliphatic rings. The van der Waals surface area contributed by atoms with E-state index in [0.717, 1.165) is 0 Å². The Morgan fingerprint density at radius 2 is 2.09 bits per heavy atom. The number of halogens is 4. The number of alkyl halides is 3. The zero-order valence-electron chi connectivity index (χ0n) is 5.44. The highest BCUT2D eigenvalue weighted by Crippen LogP contribution is 2.17. The van der Waals surface area contributed by atoms with Gasteiger partial charge >= 0.3 is 11.3 Å². The van der Waals surface area contributed by atoms with Crippen LogP contribution in [-0.2, 0) is 4.79 Å². The number of nitrogens with two attached hydrogens (primary N) is 1. The fraction of sp³-hybridized carbons (Fsp3) is 0.750. The van der Waals surface area contributed by atoms with Gasteiger partial charge in [0.05, 0.1) is 0 Å². The van der Waals surface area contributed by atoms with Crippen LogP contribution in [0.1, 0.15) is 0 Å². The highest BCUT2D eigenvalue weighted by atomic mass is 35.5. The maximum absolute atomic E-state index is 11.8.